The molecule has 1 N–H and O–H groups in total. The Morgan fingerprint density at radius 2 is 2.26 bits per heavy atom. The van der Waals surface area contributed by atoms with Crippen molar-refractivity contribution in [2.24, 2.45) is 7.05 Å². The van der Waals surface area contributed by atoms with Crippen molar-refractivity contribution in [3.8, 4) is 5.88 Å². The Morgan fingerprint density at radius 3 is 2.84 bits per heavy atom. The molecule has 0 spiro atoms. The first-order chi connectivity index (χ1) is 9.11. The van der Waals surface area contributed by atoms with Crippen LogP contribution in [0.5, 0.6) is 5.88 Å². The summed E-state index contributed by atoms with van der Waals surface area (Å²) >= 11 is 0. The number of nitro groups is 1. The molecule has 8 nitrogen and oxygen atoms in total. The maximum atomic E-state index is 10.9. The predicted octanol–water partition coefficient (Wildman–Crippen LogP) is 1.34. The van der Waals surface area contributed by atoms with Crippen LogP contribution in [0.2, 0.25) is 0 Å². The summed E-state index contributed by atoms with van der Waals surface area (Å²) in [6.07, 6.45) is 1.66. The standard InChI is InChI=1S/C11H13N5O3/c1-15-8(5-6-13-15)7-12-11-9(16(17)18)3-4-10(14-11)19-2/h3-6H,7H2,1-2H3,(H,12,14). The zero-order valence-electron chi connectivity index (χ0n) is 10.5. The van der Waals surface area contributed by atoms with E-state index in [-0.39, 0.29) is 11.5 Å². The van der Waals surface area contributed by atoms with Gasteiger partial charge in [-0.3, -0.25) is 14.8 Å². The normalized spacial score (nSPS) is 10.2. The number of methoxy groups -OCH3 is 1. The molecular formula is C11H13N5O3. The lowest BCUT2D eigenvalue weighted by molar-refractivity contribution is -0.384. The SMILES string of the molecule is COc1ccc([N+](=O)[O-])c(NCc2ccnn2C)n1. The average molecular weight is 263 g/mol. The molecule has 19 heavy (non-hydrogen) atoms. The van der Waals surface area contributed by atoms with Crippen molar-refractivity contribution >= 4 is 11.5 Å². The van der Waals surface area contributed by atoms with Gasteiger partial charge in [0.1, 0.15) is 0 Å². The van der Waals surface area contributed by atoms with Crippen LogP contribution in [-0.2, 0) is 13.6 Å². The van der Waals surface area contributed by atoms with Crippen molar-refractivity contribution in [3.63, 3.8) is 0 Å². The van der Waals surface area contributed by atoms with Crippen LogP contribution in [-0.4, -0.2) is 26.8 Å². The van der Waals surface area contributed by atoms with Gasteiger partial charge in [-0.15, -0.1) is 0 Å². The van der Waals surface area contributed by atoms with E-state index in [1.807, 2.05) is 6.07 Å². The third-order valence-electron chi connectivity index (χ3n) is 2.61. The molecule has 0 amide bonds. The minimum absolute atomic E-state index is 0.0945. The number of ether oxygens (including phenoxy) is 1. The Hall–Kier alpha value is -2.64. The van der Waals surface area contributed by atoms with Crippen molar-refractivity contribution in [1.82, 2.24) is 14.8 Å². The number of aromatic nitrogens is 3. The number of nitrogens with one attached hydrogen (secondary N) is 1. The Balaban J connectivity index is 2.22. The molecule has 100 valence electrons. The van der Waals surface area contributed by atoms with Crippen molar-refractivity contribution in [2.75, 3.05) is 12.4 Å². The van der Waals surface area contributed by atoms with E-state index in [2.05, 4.69) is 15.4 Å². The van der Waals surface area contributed by atoms with Crippen molar-refractivity contribution in [3.05, 3.63) is 40.2 Å². The number of pyridine rings is 1. The Morgan fingerprint density at radius 1 is 1.47 bits per heavy atom. The molecule has 2 aromatic rings. The smallest absolute Gasteiger partial charge is 0.311 e. The summed E-state index contributed by atoms with van der Waals surface area (Å²) in [5, 5.41) is 17.9. The predicted molar refractivity (Wildman–Crippen MR) is 68.0 cm³/mol. The molecule has 0 radical (unpaired) electrons. The van der Waals surface area contributed by atoms with Gasteiger partial charge in [-0.2, -0.15) is 10.1 Å². The van der Waals surface area contributed by atoms with E-state index < -0.39 is 4.92 Å². The van der Waals surface area contributed by atoms with Gasteiger partial charge in [0.25, 0.3) is 0 Å². The molecule has 2 aromatic heterocycles. The molecule has 0 saturated heterocycles. The number of nitrogens with zero attached hydrogens (tertiary/aromatic N) is 4. The largest absolute Gasteiger partial charge is 0.481 e. The van der Waals surface area contributed by atoms with Gasteiger partial charge in [-0.1, -0.05) is 0 Å². The second-order valence-electron chi connectivity index (χ2n) is 3.78. The second-order valence-corrected chi connectivity index (χ2v) is 3.78. The number of hydrogen-bond donors (Lipinski definition) is 1. The van der Waals surface area contributed by atoms with E-state index in [1.54, 1.807) is 17.9 Å². The molecule has 0 aliphatic heterocycles. The van der Waals surface area contributed by atoms with E-state index in [4.69, 9.17) is 4.74 Å². The van der Waals surface area contributed by atoms with E-state index in [1.165, 1.54) is 19.2 Å². The summed E-state index contributed by atoms with van der Waals surface area (Å²) in [5.41, 5.74) is 0.793. The summed E-state index contributed by atoms with van der Waals surface area (Å²) in [6, 6.07) is 4.63. The van der Waals surface area contributed by atoms with Crippen LogP contribution in [0.1, 0.15) is 5.69 Å². The van der Waals surface area contributed by atoms with Gasteiger partial charge in [0, 0.05) is 25.4 Å². The van der Waals surface area contributed by atoms with Crippen LogP contribution < -0.4 is 10.1 Å². The maximum Gasteiger partial charge on any atom is 0.311 e. The molecule has 8 heteroatoms. The molecule has 2 rings (SSSR count). The number of aryl methyl sites for hydroxylation is 1. The third-order valence-corrected chi connectivity index (χ3v) is 2.61. The van der Waals surface area contributed by atoms with Crippen LogP contribution in [0.25, 0.3) is 0 Å². The van der Waals surface area contributed by atoms with E-state index in [9.17, 15) is 10.1 Å². The Bertz CT molecular complexity index is 596. The highest BCUT2D eigenvalue weighted by Gasteiger charge is 2.16. The summed E-state index contributed by atoms with van der Waals surface area (Å²) in [7, 11) is 3.25. The zero-order chi connectivity index (χ0) is 13.8. The number of rotatable bonds is 5. The van der Waals surface area contributed by atoms with Crippen molar-refractivity contribution in [1.29, 1.82) is 0 Å². The van der Waals surface area contributed by atoms with Crippen LogP contribution in [0.3, 0.4) is 0 Å². The molecule has 0 aromatic carbocycles. The van der Waals surface area contributed by atoms with Gasteiger partial charge in [-0.05, 0) is 6.07 Å². The molecule has 0 bridgehead atoms. The summed E-state index contributed by atoms with van der Waals surface area (Å²) in [6.45, 7) is 0.386. The lowest BCUT2D eigenvalue weighted by Gasteiger charge is -2.07. The molecule has 0 unspecified atom stereocenters. The topological polar surface area (TPSA) is 95.1 Å². The Labute approximate surface area is 109 Å². The van der Waals surface area contributed by atoms with Crippen molar-refractivity contribution < 1.29 is 9.66 Å². The first kappa shape index (κ1) is 12.8. The minimum atomic E-state index is -0.488. The van der Waals surface area contributed by atoms with Gasteiger partial charge < -0.3 is 10.1 Å². The first-order valence-corrected chi connectivity index (χ1v) is 5.52. The highest BCUT2D eigenvalue weighted by Crippen LogP contribution is 2.25. The quantitative estimate of drug-likeness (QED) is 0.646. The number of hydrogen-bond acceptors (Lipinski definition) is 6. The number of anilines is 1. The van der Waals surface area contributed by atoms with Crippen LogP contribution >= 0.6 is 0 Å². The zero-order valence-corrected chi connectivity index (χ0v) is 10.5. The lowest BCUT2D eigenvalue weighted by Crippen LogP contribution is -2.08. The van der Waals surface area contributed by atoms with Crippen LogP contribution in [0.4, 0.5) is 11.5 Å². The fourth-order valence-electron chi connectivity index (χ4n) is 1.57. The molecular weight excluding hydrogens is 250 g/mol. The monoisotopic (exact) mass is 263 g/mol. The van der Waals surface area contributed by atoms with Gasteiger partial charge in [-0.25, -0.2) is 0 Å². The molecule has 0 saturated carbocycles. The summed E-state index contributed by atoms with van der Waals surface area (Å²) < 4.78 is 6.64. The molecule has 0 fully saturated rings. The van der Waals surface area contributed by atoms with E-state index in [0.29, 0.717) is 12.4 Å². The van der Waals surface area contributed by atoms with E-state index in [0.717, 1.165) is 5.69 Å². The van der Waals surface area contributed by atoms with Crippen LogP contribution in [0, 0.1) is 10.1 Å². The Kier molecular flexibility index (Phi) is 3.60. The molecule has 0 aliphatic carbocycles. The van der Waals surface area contributed by atoms with Gasteiger partial charge in [0.05, 0.1) is 24.3 Å². The minimum Gasteiger partial charge on any atom is -0.481 e. The van der Waals surface area contributed by atoms with Gasteiger partial charge >= 0.3 is 5.69 Å². The highest BCUT2D eigenvalue weighted by molar-refractivity contribution is 5.57. The first-order valence-electron chi connectivity index (χ1n) is 5.52. The summed E-state index contributed by atoms with van der Waals surface area (Å²) in [5.74, 6) is 0.489. The molecule has 2 heterocycles. The highest BCUT2D eigenvalue weighted by atomic mass is 16.6. The summed E-state index contributed by atoms with van der Waals surface area (Å²) in [4.78, 5) is 14.5. The van der Waals surface area contributed by atoms with Gasteiger partial charge in [0.15, 0.2) is 0 Å². The fourth-order valence-corrected chi connectivity index (χ4v) is 1.57. The fraction of sp³-hybridized carbons (Fsp3) is 0.273. The van der Waals surface area contributed by atoms with E-state index >= 15 is 0 Å². The third kappa shape index (κ3) is 2.79. The van der Waals surface area contributed by atoms with Gasteiger partial charge in [0.2, 0.25) is 11.7 Å². The molecule has 0 atom stereocenters. The molecule has 0 aliphatic rings. The van der Waals surface area contributed by atoms with Crippen molar-refractivity contribution in [2.45, 2.75) is 6.54 Å². The lowest BCUT2D eigenvalue weighted by atomic mass is 10.3. The van der Waals surface area contributed by atoms with Crippen LogP contribution in [0.15, 0.2) is 24.4 Å². The average Bonchev–Trinajstić information content (AvgIpc) is 2.81. The second kappa shape index (κ2) is 5.34. The maximum absolute atomic E-state index is 10.9.